The van der Waals surface area contributed by atoms with Crippen molar-refractivity contribution < 1.29 is 4.79 Å². The number of carbonyl (C=O) groups excluding carboxylic acids is 1. The number of carbonyl (C=O) groups is 1. The standard InChI is InChI=1S/C23H24N4OS/c1-16-13-21(29-22(16)23(28)27-18-7-5-4-6-8-18)20-12-10-17(14-26-20)9-11-19(25-3)15-24-2/h4-15,24-25H,1-3H3,(H,27,28)/b11-9+,19-15+. The van der Waals surface area contributed by atoms with Crippen molar-refractivity contribution in [2.24, 2.45) is 0 Å². The van der Waals surface area contributed by atoms with Gasteiger partial charge in [0, 0.05) is 37.9 Å². The third-order valence-corrected chi connectivity index (χ3v) is 5.50. The van der Waals surface area contributed by atoms with Crippen LogP contribution in [0.1, 0.15) is 20.8 Å². The summed E-state index contributed by atoms with van der Waals surface area (Å²) in [7, 11) is 3.73. The van der Waals surface area contributed by atoms with Crippen LogP contribution in [0.25, 0.3) is 16.6 Å². The highest BCUT2D eigenvalue weighted by Crippen LogP contribution is 2.30. The molecule has 29 heavy (non-hydrogen) atoms. The molecule has 0 aliphatic carbocycles. The fraction of sp³-hybridized carbons (Fsp3) is 0.130. The molecule has 0 aliphatic heterocycles. The van der Waals surface area contributed by atoms with Gasteiger partial charge in [-0.3, -0.25) is 9.78 Å². The van der Waals surface area contributed by atoms with E-state index in [4.69, 9.17) is 0 Å². The summed E-state index contributed by atoms with van der Waals surface area (Å²) in [5.74, 6) is -0.0968. The number of aryl methyl sites for hydroxylation is 1. The highest BCUT2D eigenvalue weighted by Gasteiger charge is 2.15. The number of likely N-dealkylation sites (N-methyl/N-ethyl adjacent to an activating group) is 1. The summed E-state index contributed by atoms with van der Waals surface area (Å²) < 4.78 is 0. The molecule has 6 heteroatoms. The molecule has 0 saturated carbocycles. The molecule has 1 amide bonds. The topological polar surface area (TPSA) is 66.0 Å². The van der Waals surface area contributed by atoms with Crippen LogP contribution >= 0.6 is 11.3 Å². The first-order valence-electron chi connectivity index (χ1n) is 9.27. The fourth-order valence-corrected chi connectivity index (χ4v) is 3.78. The molecule has 0 saturated heterocycles. The van der Waals surface area contributed by atoms with Gasteiger partial charge in [0.25, 0.3) is 5.91 Å². The lowest BCUT2D eigenvalue weighted by Crippen LogP contribution is -2.10. The Bertz CT molecular complexity index is 1020. The van der Waals surface area contributed by atoms with Crippen LogP contribution in [0.3, 0.4) is 0 Å². The minimum absolute atomic E-state index is 0.0968. The summed E-state index contributed by atoms with van der Waals surface area (Å²) in [5.41, 5.74) is 4.56. The molecule has 3 rings (SSSR count). The molecule has 148 valence electrons. The Hall–Kier alpha value is -3.38. The number of pyridine rings is 1. The number of hydrogen-bond donors (Lipinski definition) is 3. The molecule has 1 aromatic carbocycles. The molecule has 0 fully saturated rings. The lowest BCUT2D eigenvalue weighted by atomic mass is 10.2. The SMILES string of the molecule is CN/C=C(\C=C\c1ccc(-c2cc(C)c(C(=O)Nc3ccccc3)s2)nc1)NC. The maximum atomic E-state index is 12.6. The Labute approximate surface area is 175 Å². The van der Waals surface area contributed by atoms with E-state index >= 15 is 0 Å². The second-order valence-electron chi connectivity index (χ2n) is 6.39. The number of para-hydroxylation sites is 1. The molecule has 0 spiro atoms. The van der Waals surface area contributed by atoms with Crippen molar-refractivity contribution in [2.75, 3.05) is 19.4 Å². The minimum Gasteiger partial charge on any atom is -0.392 e. The predicted molar refractivity (Wildman–Crippen MR) is 122 cm³/mol. The van der Waals surface area contributed by atoms with Crippen molar-refractivity contribution in [1.29, 1.82) is 0 Å². The molecule has 0 bridgehead atoms. The molecule has 3 aromatic rings. The number of hydrogen-bond acceptors (Lipinski definition) is 5. The van der Waals surface area contributed by atoms with Crippen LogP contribution in [-0.2, 0) is 0 Å². The van der Waals surface area contributed by atoms with Crippen molar-refractivity contribution in [3.63, 3.8) is 0 Å². The Morgan fingerprint density at radius 2 is 1.90 bits per heavy atom. The monoisotopic (exact) mass is 404 g/mol. The van der Waals surface area contributed by atoms with E-state index in [2.05, 4.69) is 20.9 Å². The van der Waals surface area contributed by atoms with Gasteiger partial charge < -0.3 is 16.0 Å². The van der Waals surface area contributed by atoms with E-state index in [-0.39, 0.29) is 5.91 Å². The average Bonchev–Trinajstić information content (AvgIpc) is 3.14. The highest BCUT2D eigenvalue weighted by atomic mass is 32.1. The second kappa shape index (κ2) is 9.71. The zero-order chi connectivity index (χ0) is 20.6. The number of thiophene rings is 1. The van der Waals surface area contributed by atoms with E-state index in [1.165, 1.54) is 11.3 Å². The van der Waals surface area contributed by atoms with Gasteiger partial charge in [-0.05, 0) is 48.4 Å². The van der Waals surface area contributed by atoms with E-state index in [1.807, 2.05) is 94.1 Å². The third-order valence-electron chi connectivity index (χ3n) is 4.24. The molecule has 0 radical (unpaired) electrons. The maximum absolute atomic E-state index is 12.6. The summed E-state index contributed by atoms with van der Waals surface area (Å²) in [5, 5.41) is 9.04. The van der Waals surface area contributed by atoms with Gasteiger partial charge in [-0.2, -0.15) is 0 Å². The number of rotatable bonds is 7. The Kier molecular flexibility index (Phi) is 6.81. The number of nitrogens with zero attached hydrogens (tertiary/aromatic N) is 1. The quantitative estimate of drug-likeness (QED) is 0.501. The Balaban J connectivity index is 1.74. The van der Waals surface area contributed by atoms with Crippen LogP contribution in [-0.4, -0.2) is 25.0 Å². The number of nitrogens with one attached hydrogen (secondary N) is 3. The summed E-state index contributed by atoms with van der Waals surface area (Å²) in [6, 6.07) is 15.5. The van der Waals surface area contributed by atoms with Crippen LogP contribution in [0.15, 0.2) is 72.7 Å². The van der Waals surface area contributed by atoms with E-state index < -0.39 is 0 Å². The van der Waals surface area contributed by atoms with Crippen LogP contribution in [0.5, 0.6) is 0 Å². The van der Waals surface area contributed by atoms with Crippen molar-refractivity contribution in [2.45, 2.75) is 6.92 Å². The lowest BCUT2D eigenvalue weighted by Gasteiger charge is -2.03. The van der Waals surface area contributed by atoms with E-state index in [1.54, 1.807) is 0 Å². The zero-order valence-corrected chi connectivity index (χ0v) is 17.5. The van der Waals surface area contributed by atoms with Crippen molar-refractivity contribution in [1.82, 2.24) is 15.6 Å². The van der Waals surface area contributed by atoms with E-state index in [0.717, 1.165) is 33.1 Å². The van der Waals surface area contributed by atoms with Gasteiger partial charge in [-0.1, -0.05) is 30.3 Å². The Morgan fingerprint density at radius 1 is 1.10 bits per heavy atom. The second-order valence-corrected chi connectivity index (χ2v) is 7.44. The molecular weight excluding hydrogens is 380 g/mol. The summed E-state index contributed by atoms with van der Waals surface area (Å²) in [6.07, 6.45) is 7.69. The number of benzene rings is 1. The largest absolute Gasteiger partial charge is 0.392 e. The van der Waals surface area contributed by atoms with E-state index in [0.29, 0.717) is 4.88 Å². The van der Waals surface area contributed by atoms with Crippen molar-refractivity contribution >= 4 is 29.0 Å². The normalized spacial score (nSPS) is 11.5. The molecular formula is C23H24N4OS. The molecule has 3 N–H and O–H groups in total. The fourth-order valence-electron chi connectivity index (χ4n) is 2.74. The first-order valence-corrected chi connectivity index (χ1v) is 10.1. The van der Waals surface area contributed by atoms with Gasteiger partial charge in [0.1, 0.15) is 0 Å². The van der Waals surface area contributed by atoms with E-state index in [9.17, 15) is 4.79 Å². The van der Waals surface area contributed by atoms with Crippen molar-refractivity contribution in [3.8, 4) is 10.6 Å². The molecule has 2 heterocycles. The summed E-state index contributed by atoms with van der Waals surface area (Å²) in [4.78, 5) is 18.9. The van der Waals surface area contributed by atoms with Gasteiger partial charge >= 0.3 is 0 Å². The number of anilines is 1. The molecule has 5 nitrogen and oxygen atoms in total. The summed E-state index contributed by atoms with van der Waals surface area (Å²) in [6.45, 7) is 1.95. The number of aromatic nitrogens is 1. The van der Waals surface area contributed by atoms with Crippen LogP contribution in [0.4, 0.5) is 5.69 Å². The lowest BCUT2D eigenvalue weighted by molar-refractivity contribution is 0.103. The molecule has 2 aromatic heterocycles. The summed E-state index contributed by atoms with van der Waals surface area (Å²) >= 11 is 1.45. The smallest absolute Gasteiger partial charge is 0.266 e. The van der Waals surface area contributed by atoms with Crippen LogP contribution in [0, 0.1) is 6.92 Å². The molecule has 0 aliphatic rings. The first kappa shape index (κ1) is 20.4. The average molecular weight is 405 g/mol. The minimum atomic E-state index is -0.0968. The van der Waals surface area contributed by atoms with Gasteiger partial charge in [-0.25, -0.2) is 0 Å². The van der Waals surface area contributed by atoms with Crippen LogP contribution < -0.4 is 16.0 Å². The van der Waals surface area contributed by atoms with Gasteiger partial charge in [-0.15, -0.1) is 11.3 Å². The van der Waals surface area contributed by atoms with Gasteiger partial charge in [0.15, 0.2) is 0 Å². The number of allylic oxidation sites excluding steroid dienone is 1. The van der Waals surface area contributed by atoms with Gasteiger partial charge in [0.05, 0.1) is 15.4 Å². The third kappa shape index (κ3) is 5.33. The zero-order valence-electron chi connectivity index (χ0n) is 16.7. The number of amides is 1. The first-order chi connectivity index (χ1) is 14.1. The van der Waals surface area contributed by atoms with Crippen molar-refractivity contribution in [3.05, 3.63) is 88.7 Å². The van der Waals surface area contributed by atoms with Gasteiger partial charge in [0.2, 0.25) is 0 Å². The molecule has 0 unspecified atom stereocenters. The highest BCUT2D eigenvalue weighted by molar-refractivity contribution is 7.17. The molecule has 0 atom stereocenters. The maximum Gasteiger partial charge on any atom is 0.266 e. The Morgan fingerprint density at radius 3 is 2.55 bits per heavy atom. The predicted octanol–water partition coefficient (Wildman–Crippen LogP) is 4.66. The van der Waals surface area contributed by atoms with Crippen LogP contribution in [0.2, 0.25) is 0 Å².